The van der Waals surface area contributed by atoms with E-state index >= 15 is 0 Å². The zero-order valence-electron chi connectivity index (χ0n) is 10.1. The number of imidazole rings is 1. The molecule has 0 radical (unpaired) electrons. The van der Waals surface area contributed by atoms with Crippen molar-refractivity contribution in [2.45, 2.75) is 19.4 Å². The molecule has 0 aliphatic rings. The normalized spacial score (nSPS) is 12.6. The van der Waals surface area contributed by atoms with Gasteiger partial charge >= 0.3 is 0 Å². The summed E-state index contributed by atoms with van der Waals surface area (Å²) in [6.45, 7) is 2.59. The maximum atomic E-state index is 13.1. The Hall–Kier alpha value is -1.75. The van der Waals surface area contributed by atoms with E-state index in [1.165, 1.54) is 12.1 Å². The second kappa shape index (κ2) is 5.73. The lowest BCUT2D eigenvalue weighted by molar-refractivity contribution is 0.546. The fraction of sp³-hybridized carbons (Fsp3) is 0.308. The van der Waals surface area contributed by atoms with Gasteiger partial charge in [0.2, 0.25) is 0 Å². The Kier molecular flexibility index (Phi) is 4.04. The van der Waals surface area contributed by atoms with Crippen molar-refractivity contribution in [3.8, 4) is 0 Å². The number of hydrogen-bond donors (Lipinski definition) is 2. The minimum atomic E-state index is -0.549. The number of aromatic nitrogens is 2. The summed E-state index contributed by atoms with van der Waals surface area (Å²) < 4.78 is 26.1. The predicted molar refractivity (Wildman–Crippen MR) is 65.1 cm³/mol. The van der Waals surface area contributed by atoms with Gasteiger partial charge in [-0.15, -0.1) is 0 Å². The zero-order valence-corrected chi connectivity index (χ0v) is 10.1. The van der Waals surface area contributed by atoms with Crippen molar-refractivity contribution in [1.82, 2.24) is 15.3 Å². The van der Waals surface area contributed by atoms with Crippen LogP contribution in [0.5, 0.6) is 0 Å². The standard InChI is InChI=1S/C13H15F2N3/c1-9(10-4-11(14)6-12(15)5-10)17-3-2-13-7-16-8-18-13/h4-9,17H,2-3H2,1H3,(H,16,18). The van der Waals surface area contributed by atoms with Crippen LogP contribution in [0.3, 0.4) is 0 Å². The van der Waals surface area contributed by atoms with Crippen LogP contribution in [-0.4, -0.2) is 16.5 Å². The van der Waals surface area contributed by atoms with E-state index in [1.54, 1.807) is 12.5 Å². The van der Waals surface area contributed by atoms with Crippen LogP contribution in [-0.2, 0) is 6.42 Å². The van der Waals surface area contributed by atoms with Gasteiger partial charge in [-0.05, 0) is 24.6 Å². The van der Waals surface area contributed by atoms with Crippen LogP contribution in [0.15, 0.2) is 30.7 Å². The van der Waals surface area contributed by atoms with Crippen LogP contribution in [0.4, 0.5) is 8.78 Å². The summed E-state index contributed by atoms with van der Waals surface area (Å²) in [5.74, 6) is -1.10. The predicted octanol–water partition coefficient (Wildman–Crippen LogP) is 2.58. The second-order valence-corrected chi connectivity index (χ2v) is 4.21. The van der Waals surface area contributed by atoms with E-state index in [4.69, 9.17) is 0 Å². The highest BCUT2D eigenvalue weighted by Crippen LogP contribution is 2.15. The molecule has 0 saturated carbocycles. The average molecular weight is 251 g/mol. The van der Waals surface area contributed by atoms with Gasteiger partial charge < -0.3 is 10.3 Å². The number of benzene rings is 1. The Bertz CT molecular complexity index is 477. The van der Waals surface area contributed by atoms with Crippen LogP contribution in [0, 0.1) is 11.6 Å². The molecule has 0 amide bonds. The maximum absolute atomic E-state index is 13.1. The Morgan fingerprint density at radius 2 is 2.00 bits per heavy atom. The molecule has 1 aromatic carbocycles. The molecule has 2 rings (SSSR count). The Balaban J connectivity index is 1.89. The Morgan fingerprint density at radius 1 is 1.28 bits per heavy atom. The van der Waals surface area contributed by atoms with Crippen LogP contribution in [0.1, 0.15) is 24.2 Å². The van der Waals surface area contributed by atoms with Gasteiger partial charge in [0.15, 0.2) is 0 Å². The van der Waals surface area contributed by atoms with Crippen molar-refractivity contribution in [3.05, 3.63) is 53.6 Å². The molecule has 1 heterocycles. The van der Waals surface area contributed by atoms with E-state index in [2.05, 4.69) is 15.3 Å². The van der Waals surface area contributed by atoms with Crippen molar-refractivity contribution in [2.24, 2.45) is 0 Å². The molecule has 18 heavy (non-hydrogen) atoms. The van der Waals surface area contributed by atoms with Crippen LogP contribution in [0.2, 0.25) is 0 Å². The first kappa shape index (κ1) is 12.7. The SMILES string of the molecule is CC(NCCc1cnc[nH]1)c1cc(F)cc(F)c1. The number of halogens is 2. The molecule has 0 aliphatic carbocycles. The first-order valence-corrected chi connectivity index (χ1v) is 5.82. The lowest BCUT2D eigenvalue weighted by Crippen LogP contribution is -2.21. The topological polar surface area (TPSA) is 40.7 Å². The van der Waals surface area contributed by atoms with Gasteiger partial charge in [-0.3, -0.25) is 0 Å². The molecular weight excluding hydrogens is 236 g/mol. The van der Waals surface area contributed by atoms with Crippen molar-refractivity contribution in [2.75, 3.05) is 6.54 Å². The highest BCUT2D eigenvalue weighted by Gasteiger charge is 2.08. The smallest absolute Gasteiger partial charge is 0.126 e. The lowest BCUT2D eigenvalue weighted by atomic mass is 10.1. The number of aromatic amines is 1. The highest BCUT2D eigenvalue weighted by atomic mass is 19.1. The van der Waals surface area contributed by atoms with E-state index < -0.39 is 11.6 Å². The van der Waals surface area contributed by atoms with Crippen molar-refractivity contribution < 1.29 is 8.78 Å². The van der Waals surface area contributed by atoms with Crippen LogP contribution >= 0.6 is 0 Å². The molecule has 0 fully saturated rings. The Labute approximate surface area is 104 Å². The molecular formula is C13H15F2N3. The third kappa shape index (κ3) is 3.37. The molecule has 1 atom stereocenters. The third-order valence-corrected chi connectivity index (χ3v) is 2.78. The molecule has 2 N–H and O–H groups in total. The largest absolute Gasteiger partial charge is 0.348 e. The summed E-state index contributed by atoms with van der Waals surface area (Å²) >= 11 is 0. The summed E-state index contributed by atoms with van der Waals surface area (Å²) in [5.41, 5.74) is 1.64. The summed E-state index contributed by atoms with van der Waals surface area (Å²) in [4.78, 5) is 6.92. The quantitative estimate of drug-likeness (QED) is 0.857. The van der Waals surface area contributed by atoms with Crippen molar-refractivity contribution in [1.29, 1.82) is 0 Å². The number of nitrogens with one attached hydrogen (secondary N) is 2. The molecule has 0 spiro atoms. The third-order valence-electron chi connectivity index (χ3n) is 2.78. The van der Waals surface area contributed by atoms with E-state index in [-0.39, 0.29) is 6.04 Å². The van der Waals surface area contributed by atoms with Gasteiger partial charge in [0.25, 0.3) is 0 Å². The molecule has 1 unspecified atom stereocenters. The summed E-state index contributed by atoms with van der Waals surface area (Å²) in [6.07, 6.45) is 4.18. The number of H-pyrrole nitrogens is 1. The van der Waals surface area contributed by atoms with E-state index in [1.807, 2.05) is 6.92 Å². The van der Waals surface area contributed by atoms with Gasteiger partial charge in [0.05, 0.1) is 6.33 Å². The molecule has 0 aliphatic heterocycles. The summed E-state index contributed by atoms with van der Waals surface area (Å²) in [7, 11) is 0. The van der Waals surface area contributed by atoms with E-state index in [9.17, 15) is 8.78 Å². The number of hydrogen-bond acceptors (Lipinski definition) is 2. The zero-order chi connectivity index (χ0) is 13.0. The minimum absolute atomic E-state index is 0.0990. The molecule has 2 aromatic rings. The van der Waals surface area contributed by atoms with Crippen molar-refractivity contribution >= 4 is 0 Å². The molecule has 5 heteroatoms. The van der Waals surface area contributed by atoms with Crippen LogP contribution < -0.4 is 5.32 Å². The van der Waals surface area contributed by atoms with Gasteiger partial charge in [0.1, 0.15) is 11.6 Å². The summed E-state index contributed by atoms with van der Waals surface area (Å²) in [6, 6.07) is 3.47. The Morgan fingerprint density at radius 3 is 2.61 bits per heavy atom. The van der Waals surface area contributed by atoms with E-state index in [0.29, 0.717) is 12.1 Å². The molecule has 96 valence electrons. The number of rotatable bonds is 5. The number of nitrogens with zero attached hydrogens (tertiary/aromatic N) is 1. The monoisotopic (exact) mass is 251 g/mol. The van der Waals surface area contributed by atoms with Crippen LogP contribution in [0.25, 0.3) is 0 Å². The summed E-state index contributed by atoms with van der Waals surface area (Å²) in [5, 5.41) is 3.21. The average Bonchev–Trinajstić information content (AvgIpc) is 2.80. The molecule has 0 bridgehead atoms. The minimum Gasteiger partial charge on any atom is -0.348 e. The van der Waals surface area contributed by atoms with Crippen molar-refractivity contribution in [3.63, 3.8) is 0 Å². The first-order valence-electron chi connectivity index (χ1n) is 5.82. The molecule has 0 saturated heterocycles. The highest BCUT2D eigenvalue weighted by molar-refractivity contribution is 5.20. The lowest BCUT2D eigenvalue weighted by Gasteiger charge is -2.14. The second-order valence-electron chi connectivity index (χ2n) is 4.21. The van der Waals surface area contributed by atoms with Gasteiger partial charge in [-0.1, -0.05) is 0 Å². The molecule has 3 nitrogen and oxygen atoms in total. The maximum Gasteiger partial charge on any atom is 0.126 e. The fourth-order valence-electron chi connectivity index (χ4n) is 1.79. The van der Waals surface area contributed by atoms with E-state index in [0.717, 1.165) is 18.2 Å². The van der Waals surface area contributed by atoms with Gasteiger partial charge in [-0.2, -0.15) is 0 Å². The first-order chi connectivity index (χ1) is 8.65. The fourth-order valence-corrected chi connectivity index (χ4v) is 1.79. The van der Waals surface area contributed by atoms with Gasteiger partial charge in [0, 0.05) is 37.0 Å². The van der Waals surface area contributed by atoms with Gasteiger partial charge in [-0.25, -0.2) is 13.8 Å². The molecule has 1 aromatic heterocycles.